The van der Waals surface area contributed by atoms with Gasteiger partial charge >= 0.3 is 5.97 Å². The Morgan fingerprint density at radius 3 is 2.78 bits per heavy atom. The molecule has 4 heteroatoms. The van der Waals surface area contributed by atoms with Gasteiger partial charge in [0, 0.05) is 6.42 Å². The van der Waals surface area contributed by atoms with Gasteiger partial charge in [0.2, 0.25) is 0 Å². The second kappa shape index (κ2) is 5.76. The molecule has 0 bridgehead atoms. The molecule has 0 aliphatic heterocycles. The van der Waals surface area contributed by atoms with Gasteiger partial charge in [-0.25, -0.2) is 0 Å². The molecule has 1 aromatic rings. The van der Waals surface area contributed by atoms with Gasteiger partial charge in [0.1, 0.15) is 0 Å². The predicted octanol–water partition coefficient (Wildman–Crippen LogP) is 2.64. The summed E-state index contributed by atoms with van der Waals surface area (Å²) in [6.07, 6.45) is 4.15. The average Bonchev–Trinajstić information content (AvgIpc) is 3.14. The molecule has 0 spiro atoms. The highest BCUT2D eigenvalue weighted by Crippen LogP contribution is 2.34. The Bertz CT molecular complexity index is 424. The van der Waals surface area contributed by atoms with Gasteiger partial charge in [-0.05, 0) is 43.4 Å². The lowest BCUT2D eigenvalue weighted by atomic mass is 10.1. The molecule has 1 aromatic carbocycles. The van der Waals surface area contributed by atoms with Gasteiger partial charge < -0.3 is 14.6 Å². The van der Waals surface area contributed by atoms with Crippen LogP contribution in [0.1, 0.15) is 31.2 Å². The number of hydrogen-bond donors (Lipinski definition) is 1. The second-order valence-corrected chi connectivity index (χ2v) is 4.55. The molecule has 18 heavy (non-hydrogen) atoms. The van der Waals surface area contributed by atoms with Crippen molar-refractivity contribution < 1.29 is 19.4 Å². The lowest BCUT2D eigenvalue weighted by Crippen LogP contribution is -2.00. The zero-order valence-corrected chi connectivity index (χ0v) is 10.5. The molecule has 1 aliphatic carbocycles. The summed E-state index contributed by atoms with van der Waals surface area (Å²) in [5, 5.41) is 8.60. The van der Waals surface area contributed by atoms with Crippen molar-refractivity contribution in [1.82, 2.24) is 0 Å². The summed E-state index contributed by atoms with van der Waals surface area (Å²) in [6, 6.07) is 5.81. The Kier molecular flexibility index (Phi) is 4.07. The molecule has 0 aromatic heterocycles. The van der Waals surface area contributed by atoms with Crippen LogP contribution in [0.15, 0.2) is 18.2 Å². The molecular weight excluding hydrogens is 232 g/mol. The molecule has 0 radical (unpaired) electrons. The van der Waals surface area contributed by atoms with E-state index in [1.165, 1.54) is 0 Å². The van der Waals surface area contributed by atoms with E-state index < -0.39 is 5.97 Å². The fourth-order valence-electron chi connectivity index (χ4n) is 1.77. The van der Waals surface area contributed by atoms with E-state index in [0.29, 0.717) is 12.5 Å². The Morgan fingerprint density at radius 2 is 2.17 bits per heavy atom. The molecule has 0 saturated heterocycles. The SMILES string of the molecule is COc1cc(CCCC(=O)O)ccc1OC1CC1. The van der Waals surface area contributed by atoms with E-state index in [4.69, 9.17) is 14.6 Å². The van der Waals surface area contributed by atoms with Crippen LogP contribution in [0.5, 0.6) is 11.5 Å². The summed E-state index contributed by atoms with van der Waals surface area (Å²) < 4.78 is 11.0. The van der Waals surface area contributed by atoms with Crippen molar-refractivity contribution in [2.75, 3.05) is 7.11 Å². The zero-order valence-electron chi connectivity index (χ0n) is 10.5. The van der Waals surface area contributed by atoms with Crippen molar-refractivity contribution in [3.63, 3.8) is 0 Å². The van der Waals surface area contributed by atoms with Crippen LogP contribution in [-0.2, 0) is 11.2 Å². The van der Waals surface area contributed by atoms with Crippen LogP contribution in [0.4, 0.5) is 0 Å². The number of ether oxygens (including phenoxy) is 2. The third-order valence-electron chi connectivity index (χ3n) is 2.90. The highest BCUT2D eigenvalue weighted by Gasteiger charge is 2.24. The normalized spacial score (nSPS) is 14.3. The van der Waals surface area contributed by atoms with Crippen molar-refractivity contribution >= 4 is 5.97 Å². The van der Waals surface area contributed by atoms with Crippen LogP contribution < -0.4 is 9.47 Å². The van der Waals surface area contributed by atoms with Crippen LogP contribution in [-0.4, -0.2) is 24.3 Å². The number of carboxylic acid groups (broad SMARTS) is 1. The number of hydrogen-bond acceptors (Lipinski definition) is 3. The molecule has 4 nitrogen and oxygen atoms in total. The minimum atomic E-state index is -0.754. The zero-order chi connectivity index (χ0) is 13.0. The van der Waals surface area contributed by atoms with Crippen LogP contribution in [0, 0.1) is 0 Å². The number of carbonyl (C=O) groups is 1. The molecule has 0 heterocycles. The summed E-state index contributed by atoms with van der Waals surface area (Å²) in [6.45, 7) is 0. The minimum Gasteiger partial charge on any atom is -0.493 e. The molecule has 1 aliphatic rings. The summed E-state index contributed by atoms with van der Waals surface area (Å²) >= 11 is 0. The first-order chi connectivity index (χ1) is 8.69. The van der Waals surface area contributed by atoms with Gasteiger partial charge in [-0.2, -0.15) is 0 Å². The number of aliphatic carboxylic acids is 1. The van der Waals surface area contributed by atoms with Gasteiger partial charge in [0.15, 0.2) is 11.5 Å². The fourth-order valence-corrected chi connectivity index (χ4v) is 1.77. The molecule has 0 atom stereocenters. The van der Waals surface area contributed by atoms with Gasteiger partial charge in [-0.15, -0.1) is 0 Å². The quantitative estimate of drug-likeness (QED) is 0.808. The maximum absolute atomic E-state index is 10.5. The highest BCUT2D eigenvalue weighted by molar-refractivity contribution is 5.66. The maximum atomic E-state index is 10.5. The van der Waals surface area contributed by atoms with E-state index in [2.05, 4.69) is 0 Å². The molecule has 0 unspecified atom stereocenters. The summed E-state index contributed by atoms with van der Waals surface area (Å²) in [7, 11) is 1.62. The molecule has 2 rings (SSSR count). The van der Waals surface area contributed by atoms with E-state index >= 15 is 0 Å². The predicted molar refractivity (Wildman–Crippen MR) is 67.2 cm³/mol. The molecule has 1 N–H and O–H groups in total. The van der Waals surface area contributed by atoms with Gasteiger partial charge in [-0.3, -0.25) is 4.79 Å². The largest absolute Gasteiger partial charge is 0.493 e. The van der Waals surface area contributed by atoms with E-state index in [1.807, 2.05) is 18.2 Å². The van der Waals surface area contributed by atoms with E-state index in [-0.39, 0.29) is 6.42 Å². The number of aryl methyl sites for hydroxylation is 1. The summed E-state index contributed by atoms with van der Waals surface area (Å²) in [5.74, 6) is 0.757. The van der Waals surface area contributed by atoms with Gasteiger partial charge in [-0.1, -0.05) is 6.07 Å². The topological polar surface area (TPSA) is 55.8 Å². The average molecular weight is 250 g/mol. The summed E-state index contributed by atoms with van der Waals surface area (Å²) in [5.41, 5.74) is 1.08. The number of rotatable bonds is 7. The first-order valence-corrected chi connectivity index (χ1v) is 6.24. The van der Waals surface area contributed by atoms with Gasteiger partial charge in [0.25, 0.3) is 0 Å². The number of benzene rings is 1. The van der Waals surface area contributed by atoms with Crippen molar-refractivity contribution in [3.05, 3.63) is 23.8 Å². The number of carboxylic acids is 1. The third kappa shape index (κ3) is 3.65. The number of methoxy groups -OCH3 is 1. The third-order valence-corrected chi connectivity index (χ3v) is 2.90. The smallest absolute Gasteiger partial charge is 0.303 e. The minimum absolute atomic E-state index is 0.197. The van der Waals surface area contributed by atoms with Crippen LogP contribution >= 0.6 is 0 Å². The lowest BCUT2D eigenvalue weighted by molar-refractivity contribution is -0.137. The standard InChI is InChI=1S/C14H18O4/c1-17-13-9-10(3-2-4-14(15)16)5-8-12(13)18-11-6-7-11/h5,8-9,11H,2-4,6-7H2,1H3,(H,15,16). The molecule has 1 fully saturated rings. The molecular formula is C14H18O4. The van der Waals surface area contributed by atoms with Crippen LogP contribution in [0.3, 0.4) is 0 Å². The Morgan fingerprint density at radius 1 is 1.39 bits per heavy atom. The van der Waals surface area contributed by atoms with Crippen LogP contribution in [0.2, 0.25) is 0 Å². The monoisotopic (exact) mass is 250 g/mol. The molecule has 0 amide bonds. The van der Waals surface area contributed by atoms with E-state index in [9.17, 15) is 4.79 Å². The Labute approximate surface area is 107 Å². The van der Waals surface area contributed by atoms with E-state index in [0.717, 1.165) is 36.3 Å². The summed E-state index contributed by atoms with van der Waals surface area (Å²) in [4.78, 5) is 10.5. The Hall–Kier alpha value is -1.71. The highest BCUT2D eigenvalue weighted by atomic mass is 16.5. The van der Waals surface area contributed by atoms with Crippen molar-refractivity contribution in [2.45, 2.75) is 38.2 Å². The molecule has 98 valence electrons. The lowest BCUT2D eigenvalue weighted by Gasteiger charge is -2.11. The van der Waals surface area contributed by atoms with Gasteiger partial charge in [0.05, 0.1) is 13.2 Å². The maximum Gasteiger partial charge on any atom is 0.303 e. The molecule has 1 saturated carbocycles. The fraction of sp³-hybridized carbons (Fsp3) is 0.500. The second-order valence-electron chi connectivity index (χ2n) is 4.55. The Balaban J connectivity index is 1.96. The first kappa shape index (κ1) is 12.7. The van der Waals surface area contributed by atoms with Crippen molar-refractivity contribution in [2.24, 2.45) is 0 Å². The van der Waals surface area contributed by atoms with Crippen molar-refractivity contribution in [1.29, 1.82) is 0 Å². The first-order valence-electron chi connectivity index (χ1n) is 6.24. The van der Waals surface area contributed by atoms with E-state index in [1.54, 1.807) is 7.11 Å². The van der Waals surface area contributed by atoms with Crippen molar-refractivity contribution in [3.8, 4) is 11.5 Å². The van der Waals surface area contributed by atoms with Crippen LogP contribution in [0.25, 0.3) is 0 Å².